The van der Waals surface area contributed by atoms with Gasteiger partial charge in [-0.05, 0) is 31.9 Å². The van der Waals surface area contributed by atoms with E-state index in [1.807, 2.05) is 0 Å². The number of rotatable bonds is 6. The van der Waals surface area contributed by atoms with Crippen LogP contribution in [0.3, 0.4) is 0 Å². The van der Waals surface area contributed by atoms with Gasteiger partial charge >= 0.3 is 0 Å². The molecule has 1 saturated heterocycles. The van der Waals surface area contributed by atoms with Crippen LogP contribution < -0.4 is 13.8 Å². The van der Waals surface area contributed by atoms with Gasteiger partial charge in [-0.3, -0.25) is 9.10 Å². The molecule has 1 aliphatic rings. The minimum Gasteiger partial charge on any atom is -0.493 e. The monoisotopic (exact) mass is 356 g/mol. The Morgan fingerprint density at radius 3 is 2.25 bits per heavy atom. The predicted octanol–water partition coefficient (Wildman–Crippen LogP) is 1.48. The quantitative estimate of drug-likeness (QED) is 0.772. The molecule has 1 atom stereocenters. The number of nitrogens with zero attached hydrogens (tertiary/aromatic N) is 2. The lowest BCUT2D eigenvalue weighted by Crippen LogP contribution is -2.48. The van der Waals surface area contributed by atoms with Gasteiger partial charge in [0.05, 0.1) is 26.2 Å². The number of sulfonamides is 1. The summed E-state index contributed by atoms with van der Waals surface area (Å²) in [5.74, 6) is 0.713. The van der Waals surface area contributed by atoms with Gasteiger partial charge in [0, 0.05) is 19.2 Å². The minimum atomic E-state index is -3.65. The molecule has 24 heavy (non-hydrogen) atoms. The van der Waals surface area contributed by atoms with Crippen molar-refractivity contribution in [3.8, 4) is 11.5 Å². The Labute approximate surface area is 143 Å². The van der Waals surface area contributed by atoms with E-state index in [0.717, 1.165) is 23.4 Å². The average molecular weight is 356 g/mol. The van der Waals surface area contributed by atoms with E-state index in [0.29, 0.717) is 30.3 Å². The maximum Gasteiger partial charge on any atom is 0.246 e. The van der Waals surface area contributed by atoms with Crippen molar-refractivity contribution in [1.29, 1.82) is 0 Å². The van der Waals surface area contributed by atoms with Crippen LogP contribution >= 0.6 is 0 Å². The van der Waals surface area contributed by atoms with Crippen molar-refractivity contribution in [2.24, 2.45) is 0 Å². The maximum atomic E-state index is 12.6. The molecule has 2 rings (SSSR count). The molecular weight excluding hydrogens is 332 g/mol. The number of benzene rings is 1. The summed E-state index contributed by atoms with van der Waals surface area (Å²) in [5.41, 5.74) is 0.371. The lowest BCUT2D eigenvalue weighted by Gasteiger charge is -2.31. The molecule has 1 fully saturated rings. The van der Waals surface area contributed by atoms with Gasteiger partial charge in [-0.25, -0.2) is 8.42 Å². The van der Waals surface area contributed by atoms with Gasteiger partial charge in [0.25, 0.3) is 0 Å². The first kappa shape index (κ1) is 18.4. The third-order valence-electron chi connectivity index (χ3n) is 4.11. The number of carbonyl (C=O) groups is 1. The SMILES string of the molecule is COc1ccc(N([C@@H](C)C(=O)N2CCCC2)S(C)(=O)=O)cc1OC. The Morgan fingerprint density at radius 1 is 1.17 bits per heavy atom. The van der Waals surface area contributed by atoms with Crippen LogP contribution in [0.25, 0.3) is 0 Å². The zero-order valence-corrected chi connectivity index (χ0v) is 15.3. The van der Waals surface area contributed by atoms with E-state index in [2.05, 4.69) is 0 Å². The molecule has 1 aromatic carbocycles. The van der Waals surface area contributed by atoms with E-state index < -0.39 is 16.1 Å². The van der Waals surface area contributed by atoms with Crippen molar-refractivity contribution in [3.63, 3.8) is 0 Å². The van der Waals surface area contributed by atoms with Crippen LogP contribution in [-0.4, -0.2) is 58.8 Å². The molecule has 0 aliphatic carbocycles. The van der Waals surface area contributed by atoms with Crippen molar-refractivity contribution < 1.29 is 22.7 Å². The molecule has 1 amide bonds. The van der Waals surface area contributed by atoms with Crippen LogP contribution in [0.5, 0.6) is 11.5 Å². The van der Waals surface area contributed by atoms with E-state index in [1.165, 1.54) is 14.2 Å². The van der Waals surface area contributed by atoms with Crippen LogP contribution in [0.15, 0.2) is 18.2 Å². The second-order valence-electron chi connectivity index (χ2n) is 5.81. The molecule has 1 aromatic rings. The first-order chi connectivity index (χ1) is 11.3. The molecule has 0 saturated carbocycles. The summed E-state index contributed by atoms with van der Waals surface area (Å²) in [5, 5.41) is 0. The van der Waals surface area contributed by atoms with Crippen LogP contribution in [-0.2, 0) is 14.8 Å². The second kappa shape index (κ2) is 7.29. The highest BCUT2D eigenvalue weighted by Crippen LogP contribution is 2.33. The van der Waals surface area contributed by atoms with E-state index >= 15 is 0 Å². The Morgan fingerprint density at radius 2 is 1.75 bits per heavy atom. The van der Waals surface area contributed by atoms with Gasteiger partial charge in [0.2, 0.25) is 15.9 Å². The van der Waals surface area contributed by atoms with Crippen molar-refractivity contribution in [2.75, 3.05) is 37.9 Å². The number of carbonyl (C=O) groups excluding carboxylic acids is 1. The smallest absolute Gasteiger partial charge is 0.246 e. The second-order valence-corrected chi connectivity index (χ2v) is 7.67. The maximum absolute atomic E-state index is 12.6. The molecule has 1 heterocycles. The Hall–Kier alpha value is -1.96. The topological polar surface area (TPSA) is 76.2 Å². The van der Waals surface area contributed by atoms with Gasteiger partial charge < -0.3 is 14.4 Å². The molecule has 8 heteroatoms. The zero-order chi connectivity index (χ0) is 17.9. The summed E-state index contributed by atoms with van der Waals surface area (Å²) in [6, 6.07) is 3.97. The molecule has 0 radical (unpaired) electrons. The molecule has 7 nitrogen and oxygen atoms in total. The fourth-order valence-corrected chi connectivity index (χ4v) is 4.13. The van der Waals surface area contributed by atoms with E-state index in [4.69, 9.17) is 9.47 Å². The van der Waals surface area contributed by atoms with E-state index in [9.17, 15) is 13.2 Å². The van der Waals surface area contributed by atoms with Crippen molar-refractivity contribution in [3.05, 3.63) is 18.2 Å². The number of hydrogen-bond donors (Lipinski definition) is 0. The van der Waals surface area contributed by atoms with Crippen LogP contribution in [0.4, 0.5) is 5.69 Å². The molecule has 0 aromatic heterocycles. The third-order valence-corrected chi connectivity index (χ3v) is 5.35. The van der Waals surface area contributed by atoms with Gasteiger partial charge in [-0.1, -0.05) is 0 Å². The number of likely N-dealkylation sites (tertiary alicyclic amines) is 1. The predicted molar refractivity (Wildman–Crippen MR) is 92.1 cm³/mol. The molecule has 0 spiro atoms. The van der Waals surface area contributed by atoms with Crippen molar-refractivity contribution >= 4 is 21.6 Å². The molecular formula is C16H24N2O5S. The zero-order valence-electron chi connectivity index (χ0n) is 14.5. The summed E-state index contributed by atoms with van der Waals surface area (Å²) < 4.78 is 36.2. The van der Waals surface area contributed by atoms with Crippen LogP contribution in [0, 0.1) is 0 Å². The summed E-state index contributed by atoms with van der Waals surface area (Å²) in [4.78, 5) is 14.4. The lowest BCUT2D eigenvalue weighted by molar-refractivity contribution is -0.130. The fraction of sp³-hybridized carbons (Fsp3) is 0.562. The normalized spacial score (nSPS) is 15.9. The van der Waals surface area contributed by atoms with Crippen molar-refractivity contribution in [1.82, 2.24) is 4.90 Å². The fourth-order valence-electron chi connectivity index (χ4n) is 2.97. The standard InChI is InChI=1S/C16H24N2O5S/c1-12(16(19)17-9-5-6-10-17)18(24(4,20)21)13-7-8-14(22-2)15(11-13)23-3/h7-8,11-12H,5-6,9-10H2,1-4H3/t12-/m0/s1. The number of ether oxygens (including phenoxy) is 2. The van der Waals surface area contributed by atoms with Crippen LogP contribution in [0.2, 0.25) is 0 Å². The first-order valence-electron chi connectivity index (χ1n) is 7.79. The summed E-state index contributed by atoms with van der Waals surface area (Å²) in [7, 11) is -0.664. The molecule has 1 aliphatic heterocycles. The Bertz CT molecular complexity index is 698. The minimum absolute atomic E-state index is 0.187. The summed E-state index contributed by atoms with van der Waals surface area (Å²) >= 11 is 0. The Balaban J connectivity index is 2.40. The number of amides is 1. The number of methoxy groups -OCH3 is 2. The third kappa shape index (κ3) is 3.75. The molecule has 0 unspecified atom stereocenters. The van der Waals surface area contributed by atoms with Gasteiger partial charge in [-0.15, -0.1) is 0 Å². The van der Waals surface area contributed by atoms with E-state index in [1.54, 1.807) is 30.0 Å². The largest absolute Gasteiger partial charge is 0.493 e. The summed E-state index contributed by atoms with van der Waals surface area (Å²) in [6.07, 6.45) is 3.00. The Kier molecular flexibility index (Phi) is 5.58. The molecule has 0 N–H and O–H groups in total. The van der Waals surface area contributed by atoms with Crippen molar-refractivity contribution in [2.45, 2.75) is 25.8 Å². The van der Waals surface area contributed by atoms with E-state index in [-0.39, 0.29) is 5.91 Å². The number of hydrogen-bond acceptors (Lipinski definition) is 5. The summed E-state index contributed by atoms with van der Waals surface area (Å²) in [6.45, 7) is 2.96. The average Bonchev–Trinajstić information content (AvgIpc) is 3.07. The number of anilines is 1. The van der Waals surface area contributed by atoms with Gasteiger partial charge in [-0.2, -0.15) is 0 Å². The molecule has 0 bridgehead atoms. The van der Waals surface area contributed by atoms with Crippen LogP contribution in [0.1, 0.15) is 19.8 Å². The lowest BCUT2D eigenvalue weighted by atomic mass is 10.2. The molecule has 134 valence electrons. The highest BCUT2D eigenvalue weighted by molar-refractivity contribution is 7.92. The highest BCUT2D eigenvalue weighted by atomic mass is 32.2. The first-order valence-corrected chi connectivity index (χ1v) is 9.64. The highest BCUT2D eigenvalue weighted by Gasteiger charge is 2.33. The van der Waals surface area contributed by atoms with Gasteiger partial charge in [0.1, 0.15) is 6.04 Å². The van der Waals surface area contributed by atoms with Gasteiger partial charge in [0.15, 0.2) is 11.5 Å².